The number of rotatable bonds is 6. The lowest BCUT2D eigenvalue weighted by Gasteiger charge is -2.09. The third kappa shape index (κ3) is 5.30. The highest BCUT2D eigenvalue weighted by atomic mass is 35.5. The molecule has 2 rings (SSSR count). The molecule has 0 aliphatic heterocycles. The van der Waals surface area contributed by atoms with E-state index in [0.717, 1.165) is 0 Å². The van der Waals surface area contributed by atoms with E-state index < -0.39 is 15.9 Å². The molecule has 8 heteroatoms. The van der Waals surface area contributed by atoms with Crippen LogP contribution in [0.4, 0.5) is 5.69 Å². The molecule has 0 bridgehead atoms. The van der Waals surface area contributed by atoms with Gasteiger partial charge in [-0.15, -0.1) is 0 Å². The van der Waals surface area contributed by atoms with E-state index in [1.807, 2.05) is 0 Å². The van der Waals surface area contributed by atoms with Crippen LogP contribution >= 0.6 is 11.6 Å². The van der Waals surface area contributed by atoms with E-state index in [0.29, 0.717) is 22.7 Å². The minimum Gasteiger partial charge on any atom is -0.861 e. The van der Waals surface area contributed by atoms with Crippen LogP contribution in [-0.2, 0) is 10.0 Å². The van der Waals surface area contributed by atoms with Crippen LogP contribution in [0.25, 0.3) is 0 Å². The van der Waals surface area contributed by atoms with Crippen molar-refractivity contribution >= 4 is 39.1 Å². The van der Waals surface area contributed by atoms with Crippen molar-refractivity contribution in [1.82, 2.24) is 0 Å². The highest BCUT2D eigenvalue weighted by Gasteiger charge is 2.12. The molecule has 0 saturated heterocycles. The first-order chi connectivity index (χ1) is 11.8. The van der Waals surface area contributed by atoms with Crippen LogP contribution in [0.15, 0.2) is 57.8 Å². The minimum absolute atomic E-state index is 0.0778. The Morgan fingerprint density at radius 3 is 2.28 bits per heavy atom. The van der Waals surface area contributed by atoms with Gasteiger partial charge in [-0.05, 0) is 60.8 Å². The number of sulfonamides is 1. The van der Waals surface area contributed by atoms with E-state index in [4.69, 9.17) is 11.6 Å². The van der Waals surface area contributed by atoms with Crippen LogP contribution in [-0.4, -0.2) is 20.2 Å². The Labute approximate surface area is 151 Å². The van der Waals surface area contributed by atoms with Crippen LogP contribution < -0.4 is 10.4 Å². The monoisotopic (exact) mass is 379 g/mol. The van der Waals surface area contributed by atoms with Crippen LogP contribution in [0.5, 0.6) is 0 Å². The maximum Gasteiger partial charge on any atom is 0.281 e. The highest BCUT2D eigenvalue weighted by molar-refractivity contribution is 7.90. The van der Waals surface area contributed by atoms with Crippen LogP contribution in [0.1, 0.15) is 30.1 Å². The number of halogens is 1. The molecule has 0 atom stereocenters. The van der Waals surface area contributed by atoms with Gasteiger partial charge in [0.2, 0.25) is 0 Å². The summed E-state index contributed by atoms with van der Waals surface area (Å²) in [7, 11) is -4.04. The summed E-state index contributed by atoms with van der Waals surface area (Å²) in [6, 6.07) is 11.8. The van der Waals surface area contributed by atoms with Gasteiger partial charge < -0.3 is 10.4 Å². The van der Waals surface area contributed by atoms with Crippen molar-refractivity contribution in [2.24, 2.45) is 4.40 Å². The molecule has 2 aromatic carbocycles. The van der Waals surface area contributed by atoms with Crippen LogP contribution in [0, 0.1) is 0 Å². The Morgan fingerprint density at radius 1 is 1.12 bits per heavy atom. The molecule has 6 nitrogen and oxygen atoms in total. The van der Waals surface area contributed by atoms with Crippen molar-refractivity contribution in [3.05, 3.63) is 59.1 Å². The Balaban J connectivity index is 2.13. The SMILES string of the molecule is CCCC([O-])=NS(=O)(=O)c1ccc(NC(=O)c2ccc(Cl)cc2)cc1. The van der Waals surface area contributed by atoms with Crippen LogP contribution in [0.2, 0.25) is 5.02 Å². The fourth-order valence-corrected chi connectivity index (χ4v) is 3.03. The minimum atomic E-state index is -4.04. The molecular weight excluding hydrogens is 364 g/mol. The maximum absolute atomic E-state index is 12.1. The number of hydrogen-bond donors (Lipinski definition) is 1. The molecule has 0 heterocycles. The molecule has 2 aromatic rings. The Morgan fingerprint density at radius 2 is 1.72 bits per heavy atom. The van der Waals surface area contributed by atoms with Gasteiger partial charge in [-0.3, -0.25) is 4.79 Å². The van der Waals surface area contributed by atoms with Crippen molar-refractivity contribution < 1.29 is 18.3 Å². The van der Waals surface area contributed by atoms with Crippen molar-refractivity contribution in [2.45, 2.75) is 24.7 Å². The molecule has 1 amide bonds. The number of benzene rings is 2. The fraction of sp³-hybridized carbons (Fsp3) is 0.176. The molecule has 0 unspecified atom stereocenters. The van der Waals surface area contributed by atoms with E-state index in [2.05, 4.69) is 9.71 Å². The quantitative estimate of drug-likeness (QED) is 0.616. The van der Waals surface area contributed by atoms with E-state index >= 15 is 0 Å². The summed E-state index contributed by atoms with van der Waals surface area (Å²) in [5.41, 5.74) is 0.833. The van der Waals surface area contributed by atoms with Gasteiger partial charge >= 0.3 is 0 Å². The summed E-state index contributed by atoms with van der Waals surface area (Å²) >= 11 is 5.77. The van der Waals surface area contributed by atoms with Crippen molar-refractivity contribution in [2.75, 3.05) is 5.32 Å². The summed E-state index contributed by atoms with van der Waals surface area (Å²) in [5.74, 6) is -1.03. The second-order valence-corrected chi connectivity index (χ2v) is 7.24. The number of carbonyl (C=O) groups excluding carboxylic acids is 1. The summed E-state index contributed by atoms with van der Waals surface area (Å²) < 4.78 is 27.3. The van der Waals surface area contributed by atoms with Gasteiger partial charge in [0.1, 0.15) is 0 Å². The number of carbonyl (C=O) groups is 1. The van der Waals surface area contributed by atoms with Gasteiger partial charge in [0.05, 0.1) is 4.90 Å². The van der Waals surface area contributed by atoms with Gasteiger partial charge in [-0.2, -0.15) is 12.8 Å². The van der Waals surface area contributed by atoms with Gasteiger partial charge in [-0.1, -0.05) is 24.9 Å². The summed E-state index contributed by atoms with van der Waals surface area (Å²) in [5, 5.41) is 14.6. The van der Waals surface area contributed by atoms with Gasteiger partial charge in [0, 0.05) is 16.3 Å². The maximum atomic E-state index is 12.1. The smallest absolute Gasteiger partial charge is 0.281 e. The lowest BCUT2D eigenvalue weighted by atomic mass is 10.2. The first kappa shape index (κ1) is 19.0. The molecule has 0 aliphatic carbocycles. The number of nitrogens with zero attached hydrogens (tertiary/aromatic N) is 1. The molecule has 0 radical (unpaired) electrons. The van der Waals surface area contributed by atoms with Gasteiger partial charge in [0.25, 0.3) is 15.9 Å². The molecule has 132 valence electrons. The highest BCUT2D eigenvalue weighted by Crippen LogP contribution is 2.18. The molecule has 0 aromatic heterocycles. The van der Waals surface area contributed by atoms with Crippen molar-refractivity contribution in [1.29, 1.82) is 0 Å². The van der Waals surface area contributed by atoms with Gasteiger partial charge in [-0.25, -0.2) is 0 Å². The third-order valence-electron chi connectivity index (χ3n) is 3.20. The molecule has 0 saturated carbocycles. The third-order valence-corrected chi connectivity index (χ3v) is 4.77. The Kier molecular flexibility index (Phi) is 6.17. The Hall–Kier alpha value is -2.38. The molecule has 1 N–H and O–H groups in total. The topological polar surface area (TPSA) is 98.7 Å². The Bertz CT molecular complexity index is 876. The molecule has 0 aliphatic rings. The first-order valence-corrected chi connectivity index (χ1v) is 9.31. The van der Waals surface area contributed by atoms with Crippen molar-refractivity contribution in [3.8, 4) is 0 Å². The predicted octanol–water partition coefficient (Wildman–Crippen LogP) is 2.84. The standard InChI is InChI=1S/C17H17ClN2O4S/c1-2-3-16(21)20-25(23,24)15-10-8-14(9-11-15)19-17(22)12-4-6-13(18)7-5-12/h4-11H,2-3H2,1H3,(H,19,22)(H,20,21)/p-1. The lowest BCUT2D eigenvalue weighted by Crippen LogP contribution is -2.19. The van der Waals surface area contributed by atoms with E-state index in [9.17, 15) is 18.3 Å². The van der Waals surface area contributed by atoms with Gasteiger partial charge in [0.15, 0.2) is 0 Å². The van der Waals surface area contributed by atoms with E-state index in [1.54, 1.807) is 31.2 Å². The zero-order chi connectivity index (χ0) is 18.4. The summed E-state index contributed by atoms with van der Waals surface area (Å²) in [6.45, 7) is 1.76. The first-order valence-electron chi connectivity index (χ1n) is 7.49. The normalized spacial score (nSPS) is 12.0. The second-order valence-electron chi connectivity index (χ2n) is 5.20. The van der Waals surface area contributed by atoms with E-state index in [1.165, 1.54) is 24.3 Å². The zero-order valence-electron chi connectivity index (χ0n) is 13.4. The number of hydrogen-bond acceptors (Lipinski definition) is 4. The van der Waals surface area contributed by atoms with Crippen molar-refractivity contribution in [3.63, 3.8) is 0 Å². The average Bonchev–Trinajstić information content (AvgIpc) is 2.55. The predicted molar refractivity (Wildman–Crippen MR) is 95.4 cm³/mol. The molecule has 0 fully saturated rings. The summed E-state index contributed by atoms with van der Waals surface area (Å²) in [6.07, 6.45) is 0.599. The lowest BCUT2D eigenvalue weighted by molar-refractivity contribution is -0.218. The molecule has 25 heavy (non-hydrogen) atoms. The second kappa shape index (κ2) is 8.13. The zero-order valence-corrected chi connectivity index (χ0v) is 15.0. The fourth-order valence-electron chi connectivity index (χ4n) is 1.96. The van der Waals surface area contributed by atoms with E-state index in [-0.39, 0.29) is 17.2 Å². The summed E-state index contributed by atoms with van der Waals surface area (Å²) in [4.78, 5) is 12.0. The number of anilines is 1. The average molecular weight is 380 g/mol. The number of amides is 1. The largest absolute Gasteiger partial charge is 0.861 e. The van der Waals surface area contributed by atoms with Crippen LogP contribution in [0.3, 0.4) is 0 Å². The molecular formula is C17H16ClN2O4S-. The number of nitrogens with one attached hydrogen (secondary N) is 1. The molecule has 0 spiro atoms.